The topological polar surface area (TPSA) is 94.1 Å². The van der Waals surface area contributed by atoms with E-state index < -0.39 is 0 Å². The number of hydrogen-bond donors (Lipinski definition) is 0. The van der Waals surface area contributed by atoms with Gasteiger partial charge in [-0.25, -0.2) is 4.98 Å². The SMILES string of the molecule is Cc1cccc(-c2noc(-c3sc4ncn(CC(=O)N(C)Cc5ccccc5)c(=O)c4c3C)n2)c1. The van der Waals surface area contributed by atoms with E-state index in [1.54, 1.807) is 11.9 Å². The fraction of sp³-hybridized carbons (Fsp3) is 0.192. The van der Waals surface area contributed by atoms with E-state index >= 15 is 0 Å². The maximum absolute atomic E-state index is 13.3. The van der Waals surface area contributed by atoms with Crippen molar-refractivity contribution in [1.29, 1.82) is 0 Å². The number of fused-ring (bicyclic) bond motifs is 1. The van der Waals surface area contributed by atoms with Crippen molar-refractivity contribution in [1.82, 2.24) is 24.6 Å². The van der Waals surface area contributed by atoms with Gasteiger partial charge < -0.3 is 9.42 Å². The number of aromatic nitrogens is 4. The van der Waals surface area contributed by atoms with Gasteiger partial charge in [0.2, 0.25) is 11.7 Å². The third-order valence-corrected chi connectivity index (χ3v) is 7.00. The van der Waals surface area contributed by atoms with Crippen molar-refractivity contribution >= 4 is 27.5 Å². The lowest BCUT2D eigenvalue weighted by atomic mass is 10.1. The van der Waals surface area contributed by atoms with E-state index in [9.17, 15) is 9.59 Å². The molecule has 176 valence electrons. The van der Waals surface area contributed by atoms with Crippen LogP contribution in [0.4, 0.5) is 0 Å². The monoisotopic (exact) mass is 485 g/mol. The van der Waals surface area contributed by atoms with Crippen LogP contribution in [0.15, 0.2) is 70.2 Å². The minimum Gasteiger partial charge on any atom is -0.340 e. The van der Waals surface area contributed by atoms with Gasteiger partial charge in [-0.1, -0.05) is 59.3 Å². The van der Waals surface area contributed by atoms with Crippen LogP contribution in [-0.4, -0.2) is 37.5 Å². The summed E-state index contributed by atoms with van der Waals surface area (Å²) in [5, 5.41) is 4.57. The number of hydrogen-bond acceptors (Lipinski definition) is 7. The zero-order valence-electron chi connectivity index (χ0n) is 19.6. The van der Waals surface area contributed by atoms with Crippen LogP contribution in [0.3, 0.4) is 0 Å². The molecule has 9 heteroatoms. The number of rotatable bonds is 6. The largest absolute Gasteiger partial charge is 0.340 e. The third-order valence-electron chi connectivity index (χ3n) is 5.81. The minimum atomic E-state index is -0.269. The van der Waals surface area contributed by atoms with Crippen molar-refractivity contribution in [3.63, 3.8) is 0 Å². The Bertz CT molecular complexity index is 1590. The van der Waals surface area contributed by atoms with E-state index in [2.05, 4.69) is 15.1 Å². The van der Waals surface area contributed by atoms with Crippen molar-refractivity contribution in [3.05, 3.63) is 88.0 Å². The number of amides is 1. The summed E-state index contributed by atoms with van der Waals surface area (Å²) >= 11 is 1.32. The number of nitrogens with zero attached hydrogens (tertiary/aromatic N) is 5. The highest BCUT2D eigenvalue weighted by Gasteiger charge is 2.21. The van der Waals surface area contributed by atoms with Gasteiger partial charge in [0.1, 0.15) is 11.4 Å². The van der Waals surface area contributed by atoms with Crippen LogP contribution < -0.4 is 5.56 Å². The van der Waals surface area contributed by atoms with Crippen molar-refractivity contribution in [2.45, 2.75) is 26.9 Å². The maximum Gasteiger partial charge on any atom is 0.268 e. The van der Waals surface area contributed by atoms with Crippen molar-refractivity contribution in [2.24, 2.45) is 0 Å². The van der Waals surface area contributed by atoms with Crippen LogP contribution in [0.2, 0.25) is 0 Å². The Balaban J connectivity index is 1.42. The number of thiophene rings is 1. The van der Waals surface area contributed by atoms with Gasteiger partial charge in [0.25, 0.3) is 11.4 Å². The molecule has 5 rings (SSSR count). The van der Waals surface area contributed by atoms with Gasteiger partial charge >= 0.3 is 0 Å². The quantitative estimate of drug-likeness (QED) is 0.353. The molecule has 0 fully saturated rings. The Morgan fingerprint density at radius 1 is 1.11 bits per heavy atom. The first-order chi connectivity index (χ1) is 16.9. The predicted molar refractivity (Wildman–Crippen MR) is 135 cm³/mol. The highest BCUT2D eigenvalue weighted by molar-refractivity contribution is 7.22. The van der Waals surface area contributed by atoms with Gasteiger partial charge in [-0.15, -0.1) is 11.3 Å². The Labute approximate surface area is 205 Å². The van der Waals surface area contributed by atoms with E-state index in [0.717, 1.165) is 16.7 Å². The first-order valence-corrected chi connectivity index (χ1v) is 11.9. The molecule has 0 saturated heterocycles. The second kappa shape index (κ2) is 9.27. The van der Waals surface area contributed by atoms with E-state index in [1.807, 2.05) is 68.4 Å². The summed E-state index contributed by atoms with van der Waals surface area (Å²) in [5.41, 5.74) is 3.42. The summed E-state index contributed by atoms with van der Waals surface area (Å²) < 4.78 is 6.88. The zero-order chi connectivity index (χ0) is 24.5. The lowest BCUT2D eigenvalue weighted by Crippen LogP contribution is -2.33. The molecule has 2 aromatic carbocycles. The zero-order valence-corrected chi connectivity index (χ0v) is 20.4. The van der Waals surface area contributed by atoms with Gasteiger partial charge in [-0.2, -0.15) is 4.98 Å². The van der Waals surface area contributed by atoms with Crippen LogP contribution in [0.5, 0.6) is 0 Å². The van der Waals surface area contributed by atoms with Crippen molar-refractivity contribution in [3.8, 4) is 22.2 Å². The summed E-state index contributed by atoms with van der Waals surface area (Å²) in [6.45, 7) is 4.21. The summed E-state index contributed by atoms with van der Waals surface area (Å²) in [6.07, 6.45) is 1.42. The maximum atomic E-state index is 13.3. The lowest BCUT2D eigenvalue weighted by Gasteiger charge is -2.17. The molecule has 0 atom stereocenters. The standard InChI is InChI=1S/C26H23N5O3S/c1-16-8-7-11-19(12-16)23-28-24(34-29-23)22-17(2)21-25(35-22)27-15-31(26(21)33)14-20(32)30(3)13-18-9-5-4-6-10-18/h4-12,15H,13-14H2,1-3H3. The summed E-state index contributed by atoms with van der Waals surface area (Å²) in [7, 11) is 1.72. The second-order valence-electron chi connectivity index (χ2n) is 8.44. The molecule has 5 aromatic rings. The summed E-state index contributed by atoms with van der Waals surface area (Å²) in [5.74, 6) is 0.648. The second-order valence-corrected chi connectivity index (χ2v) is 9.44. The molecule has 0 aliphatic heterocycles. The Morgan fingerprint density at radius 3 is 2.69 bits per heavy atom. The number of carbonyl (C=O) groups is 1. The van der Waals surface area contributed by atoms with Gasteiger partial charge in [-0.05, 0) is 31.0 Å². The molecule has 35 heavy (non-hydrogen) atoms. The van der Waals surface area contributed by atoms with E-state index in [1.165, 1.54) is 22.2 Å². The predicted octanol–water partition coefficient (Wildman–Crippen LogP) is 4.45. The average Bonchev–Trinajstić information content (AvgIpc) is 3.46. The molecular formula is C26H23N5O3S. The molecule has 0 N–H and O–H groups in total. The molecule has 0 radical (unpaired) electrons. The molecule has 0 unspecified atom stereocenters. The Hall–Kier alpha value is -4.11. The van der Waals surface area contributed by atoms with Crippen LogP contribution in [-0.2, 0) is 17.9 Å². The summed E-state index contributed by atoms with van der Waals surface area (Å²) in [6, 6.07) is 17.6. The summed E-state index contributed by atoms with van der Waals surface area (Å²) in [4.78, 5) is 37.9. The minimum absolute atomic E-state index is 0.0895. The molecule has 3 aromatic heterocycles. The lowest BCUT2D eigenvalue weighted by molar-refractivity contribution is -0.131. The van der Waals surface area contributed by atoms with Crippen LogP contribution in [0.25, 0.3) is 32.4 Å². The van der Waals surface area contributed by atoms with Gasteiger partial charge in [0, 0.05) is 19.2 Å². The first-order valence-electron chi connectivity index (χ1n) is 11.1. The van der Waals surface area contributed by atoms with Crippen LogP contribution in [0.1, 0.15) is 16.7 Å². The molecule has 3 heterocycles. The fourth-order valence-corrected chi connectivity index (χ4v) is 4.97. The third kappa shape index (κ3) is 4.50. The molecule has 0 aliphatic carbocycles. The Kier molecular flexibility index (Phi) is 6.00. The van der Waals surface area contributed by atoms with E-state index in [-0.39, 0.29) is 18.0 Å². The van der Waals surface area contributed by atoms with Gasteiger partial charge in [0.15, 0.2) is 0 Å². The Morgan fingerprint density at radius 2 is 1.91 bits per heavy atom. The van der Waals surface area contributed by atoms with Gasteiger partial charge in [0.05, 0.1) is 16.6 Å². The van der Waals surface area contributed by atoms with Crippen LogP contribution >= 0.6 is 11.3 Å². The molecule has 0 spiro atoms. The van der Waals surface area contributed by atoms with Crippen molar-refractivity contribution < 1.29 is 9.32 Å². The highest BCUT2D eigenvalue weighted by Crippen LogP contribution is 2.35. The first kappa shape index (κ1) is 22.7. The molecule has 1 amide bonds. The van der Waals surface area contributed by atoms with Crippen LogP contribution in [0, 0.1) is 13.8 Å². The number of benzene rings is 2. The molecule has 0 aliphatic rings. The average molecular weight is 486 g/mol. The number of likely N-dealkylation sites (N-methyl/N-ethyl adjacent to an activating group) is 1. The molecule has 0 bridgehead atoms. The number of carbonyl (C=O) groups excluding carboxylic acids is 1. The smallest absolute Gasteiger partial charge is 0.268 e. The molecule has 8 nitrogen and oxygen atoms in total. The van der Waals surface area contributed by atoms with Gasteiger partial charge in [-0.3, -0.25) is 14.2 Å². The van der Waals surface area contributed by atoms with E-state index in [0.29, 0.717) is 38.9 Å². The molecular weight excluding hydrogens is 462 g/mol. The van der Waals surface area contributed by atoms with E-state index in [4.69, 9.17) is 4.52 Å². The van der Waals surface area contributed by atoms with Crippen molar-refractivity contribution in [2.75, 3.05) is 7.05 Å². The molecule has 0 saturated carbocycles. The fourth-order valence-electron chi connectivity index (χ4n) is 3.90. The number of aryl methyl sites for hydroxylation is 2. The highest BCUT2D eigenvalue weighted by atomic mass is 32.1. The normalized spacial score (nSPS) is 11.2.